The van der Waals surface area contributed by atoms with Crippen LogP contribution in [0.5, 0.6) is 0 Å². The first-order valence-electron chi connectivity index (χ1n) is 12.6. The molecule has 3 aliphatic rings. The number of fused-ring (bicyclic) bond motifs is 1. The maximum absolute atomic E-state index is 13.3. The molecule has 3 aliphatic heterocycles. The van der Waals surface area contributed by atoms with Crippen LogP contribution in [0.4, 0.5) is 0 Å². The van der Waals surface area contributed by atoms with Gasteiger partial charge in [0.2, 0.25) is 5.91 Å². The standard InChI is InChI=1S/C27H36N4O5S/c1-18-5-6-19(2)22(15-18)25-24(26(33)36-14-13-34-4)20(3)29-27-31(25)21(17-37-27)16-23(32)28-7-8-30-9-11-35-12-10-30/h5-6,15,17,25H,7-14,16H2,1-4H3,(H,28,32). The molecule has 0 bridgehead atoms. The number of carbonyl (C=O) groups is 2. The van der Waals surface area contributed by atoms with Gasteiger partial charge < -0.3 is 24.4 Å². The monoisotopic (exact) mass is 528 g/mol. The number of allylic oxidation sites excluding steroid dienone is 1. The summed E-state index contributed by atoms with van der Waals surface area (Å²) in [4.78, 5) is 35.3. The summed E-state index contributed by atoms with van der Waals surface area (Å²) >= 11 is 1.48. The number of methoxy groups -OCH3 is 1. The van der Waals surface area contributed by atoms with Crippen LogP contribution in [0, 0.1) is 13.8 Å². The normalized spacial score (nSPS) is 19.9. The lowest BCUT2D eigenvalue weighted by atomic mass is 9.90. The summed E-state index contributed by atoms with van der Waals surface area (Å²) < 4.78 is 16.0. The van der Waals surface area contributed by atoms with E-state index in [0.29, 0.717) is 24.4 Å². The van der Waals surface area contributed by atoms with E-state index in [1.165, 1.54) is 11.8 Å². The van der Waals surface area contributed by atoms with Crippen molar-refractivity contribution in [3.8, 4) is 0 Å². The highest BCUT2D eigenvalue weighted by Crippen LogP contribution is 2.45. The Hall–Kier alpha value is -2.66. The third kappa shape index (κ3) is 6.62. The van der Waals surface area contributed by atoms with E-state index in [9.17, 15) is 9.59 Å². The minimum absolute atomic E-state index is 0.0587. The number of aryl methyl sites for hydroxylation is 2. The van der Waals surface area contributed by atoms with Gasteiger partial charge in [-0.05, 0) is 37.3 Å². The second-order valence-corrected chi connectivity index (χ2v) is 10.2. The van der Waals surface area contributed by atoms with Gasteiger partial charge in [-0.3, -0.25) is 9.69 Å². The summed E-state index contributed by atoms with van der Waals surface area (Å²) in [6.45, 7) is 11.0. The zero-order valence-electron chi connectivity index (χ0n) is 22.0. The molecule has 10 heteroatoms. The second kappa shape index (κ2) is 12.7. The summed E-state index contributed by atoms with van der Waals surface area (Å²) in [7, 11) is 1.57. The smallest absolute Gasteiger partial charge is 0.338 e. The van der Waals surface area contributed by atoms with Crippen molar-refractivity contribution in [3.05, 3.63) is 57.3 Å². The third-order valence-corrected chi connectivity index (χ3v) is 7.55. The number of aliphatic imine (C=N–C) groups is 1. The van der Waals surface area contributed by atoms with Gasteiger partial charge in [-0.25, -0.2) is 9.79 Å². The molecule has 1 unspecified atom stereocenters. The first-order valence-corrected chi connectivity index (χ1v) is 13.5. The number of hydrogen-bond acceptors (Lipinski definition) is 9. The van der Waals surface area contributed by atoms with E-state index >= 15 is 0 Å². The average molecular weight is 529 g/mol. The van der Waals surface area contributed by atoms with Gasteiger partial charge in [0.25, 0.3) is 0 Å². The number of hydrogen-bond donors (Lipinski definition) is 1. The number of thioether (sulfide) groups is 1. The molecule has 0 saturated carbocycles. The van der Waals surface area contributed by atoms with Crippen LogP contribution in [0.15, 0.2) is 45.6 Å². The van der Waals surface area contributed by atoms with E-state index in [0.717, 1.165) is 60.4 Å². The predicted octanol–water partition coefficient (Wildman–Crippen LogP) is 2.91. The SMILES string of the molecule is COCCOC(=O)C1=C(C)N=C2SC=C(CC(=O)NCCN3CCOCC3)N2C1c1cc(C)ccc1C. The quantitative estimate of drug-likeness (QED) is 0.366. The Labute approximate surface area is 222 Å². The number of carbonyl (C=O) groups excluding carboxylic acids is 2. The largest absolute Gasteiger partial charge is 0.460 e. The number of benzene rings is 1. The van der Waals surface area contributed by atoms with Crippen molar-refractivity contribution in [1.82, 2.24) is 15.1 Å². The number of morpholine rings is 1. The Bertz CT molecular complexity index is 1110. The molecule has 1 amide bonds. The van der Waals surface area contributed by atoms with E-state index in [4.69, 9.17) is 19.2 Å². The van der Waals surface area contributed by atoms with Crippen molar-refractivity contribution in [2.45, 2.75) is 33.2 Å². The number of ether oxygens (including phenoxy) is 3. The van der Waals surface area contributed by atoms with Crippen molar-refractivity contribution >= 4 is 28.8 Å². The maximum Gasteiger partial charge on any atom is 0.338 e. The molecule has 9 nitrogen and oxygen atoms in total. The number of amidine groups is 1. The molecule has 1 N–H and O–H groups in total. The molecule has 0 spiro atoms. The number of nitrogens with zero attached hydrogens (tertiary/aromatic N) is 3. The van der Waals surface area contributed by atoms with Crippen LogP contribution in [0.3, 0.4) is 0 Å². The molecule has 3 heterocycles. The van der Waals surface area contributed by atoms with Crippen LogP contribution in [0.2, 0.25) is 0 Å². The van der Waals surface area contributed by atoms with Gasteiger partial charge in [0, 0.05) is 39.0 Å². The average Bonchev–Trinajstić information content (AvgIpc) is 3.27. The van der Waals surface area contributed by atoms with E-state index in [1.807, 2.05) is 31.1 Å². The Balaban J connectivity index is 1.55. The van der Waals surface area contributed by atoms with Crippen LogP contribution >= 0.6 is 11.8 Å². The van der Waals surface area contributed by atoms with E-state index in [2.05, 4.69) is 28.4 Å². The molecule has 200 valence electrons. The van der Waals surface area contributed by atoms with Crippen LogP contribution in [-0.4, -0.2) is 86.6 Å². The predicted molar refractivity (Wildman–Crippen MR) is 144 cm³/mol. The second-order valence-electron chi connectivity index (χ2n) is 9.36. The van der Waals surface area contributed by atoms with Gasteiger partial charge in [-0.2, -0.15) is 0 Å². The number of rotatable bonds is 10. The van der Waals surface area contributed by atoms with Gasteiger partial charge in [-0.15, -0.1) is 0 Å². The molecule has 1 saturated heterocycles. The first-order chi connectivity index (χ1) is 17.9. The maximum atomic E-state index is 13.3. The molecule has 37 heavy (non-hydrogen) atoms. The fourth-order valence-corrected chi connectivity index (χ4v) is 5.64. The minimum atomic E-state index is -0.440. The number of amides is 1. The van der Waals surface area contributed by atoms with Crippen molar-refractivity contribution in [2.75, 3.05) is 59.7 Å². The molecule has 1 aromatic rings. The molecule has 1 fully saturated rings. The Morgan fingerprint density at radius 1 is 1.19 bits per heavy atom. The molecule has 0 aliphatic carbocycles. The topological polar surface area (TPSA) is 92.7 Å². The molecule has 0 aromatic heterocycles. The molecular formula is C27H36N4O5S. The summed E-state index contributed by atoms with van der Waals surface area (Å²) in [6.07, 6.45) is 0.196. The van der Waals surface area contributed by atoms with E-state index < -0.39 is 12.0 Å². The van der Waals surface area contributed by atoms with Gasteiger partial charge in [0.15, 0.2) is 5.17 Å². The zero-order valence-corrected chi connectivity index (χ0v) is 22.9. The fraction of sp³-hybridized carbons (Fsp3) is 0.519. The summed E-state index contributed by atoms with van der Waals surface area (Å²) in [5.41, 5.74) is 5.05. The first kappa shape index (κ1) is 27.4. The van der Waals surface area contributed by atoms with Gasteiger partial charge >= 0.3 is 5.97 Å². The molecular weight excluding hydrogens is 492 g/mol. The fourth-order valence-electron chi connectivity index (χ4n) is 4.68. The summed E-state index contributed by atoms with van der Waals surface area (Å²) in [5, 5.41) is 5.77. The lowest BCUT2D eigenvalue weighted by molar-refractivity contribution is -0.141. The van der Waals surface area contributed by atoms with Crippen molar-refractivity contribution in [3.63, 3.8) is 0 Å². The Morgan fingerprint density at radius 3 is 2.73 bits per heavy atom. The Kier molecular flexibility index (Phi) is 9.42. The van der Waals surface area contributed by atoms with Gasteiger partial charge in [-0.1, -0.05) is 35.5 Å². The van der Waals surface area contributed by atoms with Crippen LogP contribution in [0.1, 0.15) is 36.1 Å². The van der Waals surface area contributed by atoms with Crippen LogP contribution in [-0.2, 0) is 23.8 Å². The lowest BCUT2D eigenvalue weighted by Crippen LogP contribution is -2.42. The van der Waals surface area contributed by atoms with Crippen molar-refractivity contribution in [2.24, 2.45) is 4.99 Å². The van der Waals surface area contributed by atoms with Crippen molar-refractivity contribution < 1.29 is 23.8 Å². The molecule has 4 rings (SSSR count). The van der Waals surface area contributed by atoms with Crippen molar-refractivity contribution in [1.29, 1.82) is 0 Å². The minimum Gasteiger partial charge on any atom is -0.460 e. The van der Waals surface area contributed by atoms with E-state index in [-0.39, 0.29) is 18.9 Å². The highest BCUT2D eigenvalue weighted by atomic mass is 32.2. The highest BCUT2D eigenvalue weighted by Gasteiger charge is 2.41. The zero-order chi connectivity index (χ0) is 26.4. The van der Waals surface area contributed by atoms with Crippen LogP contribution in [0.25, 0.3) is 0 Å². The molecule has 1 atom stereocenters. The van der Waals surface area contributed by atoms with Crippen LogP contribution < -0.4 is 5.32 Å². The summed E-state index contributed by atoms with van der Waals surface area (Å²) in [6, 6.07) is 5.78. The highest BCUT2D eigenvalue weighted by molar-refractivity contribution is 8.16. The molecule has 1 aromatic carbocycles. The van der Waals surface area contributed by atoms with E-state index in [1.54, 1.807) is 7.11 Å². The lowest BCUT2D eigenvalue weighted by Gasteiger charge is -2.37. The van der Waals surface area contributed by atoms with Gasteiger partial charge in [0.1, 0.15) is 6.61 Å². The summed E-state index contributed by atoms with van der Waals surface area (Å²) in [5.74, 6) is -0.481. The molecule has 0 radical (unpaired) electrons. The number of nitrogens with one attached hydrogen (secondary N) is 1. The third-order valence-electron chi connectivity index (χ3n) is 6.67. The van der Waals surface area contributed by atoms with Gasteiger partial charge in [0.05, 0.1) is 43.6 Å². The number of esters is 1. The Morgan fingerprint density at radius 2 is 1.97 bits per heavy atom.